The van der Waals surface area contributed by atoms with Crippen molar-refractivity contribution in [3.05, 3.63) is 53.6 Å². The minimum Gasteiger partial charge on any atom is -0.354 e. The number of anilines is 2. The van der Waals surface area contributed by atoms with Crippen molar-refractivity contribution < 1.29 is 17.6 Å². The van der Waals surface area contributed by atoms with Crippen molar-refractivity contribution in [2.75, 3.05) is 5.32 Å². The summed E-state index contributed by atoms with van der Waals surface area (Å²) in [5, 5.41) is 2.80. The Labute approximate surface area is 117 Å². The molecule has 0 bridgehead atoms. The summed E-state index contributed by atoms with van der Waals surface area (Å²) in [4.78, 5) is 3.80. The number of rotatable bonds is 0. The molecule has 1 aliphatic heterocycles. The highest BCUT2D eigenvalue weighted by atomic mass is 19.4. The lowest BCUT2D eigenvalue weighted by atomic mass is 9.71. The van der Waals surface area contributed by atoms with Crippen molar-refractivity contribution >= 4 is 11.4 Å². The first-order valence-corrected chi connectivity index (χ1v) is 5.96. The number of hydrogen-bond acceptors (Lipinski definition) is 2. The number of benzene rings is 1. The molecule has 0 fully saturated rings. The molecule has 2 aromatic rings. The Morgan fingerprint density at radius 2 is 1.90 bits per heavy atom. The molecule has 0 radical (unpaired) electrons. The summed E-state index contributed by atoms with van der Waals surface area (Å²) in [5.41, 5.74) is -2.91. The van der Waals surface area contributed by atoms with Crippen molar-refractivity contribution in [1.82, 2.24) is 4.98 Å². The Kier molecular flexibility index (Phi) is 2.70. The zero-order valence-electron chi connectivity index (χ0n) is 10.5. The molecule has 1 aromatic heterocycles. The summed E-state index contributed by atoms with van der Waals surface area (Å²) in [6.45, 7) is 0. The van der Waals surface area contributed by atoms with E-state index in [0.29, 0.717) is 0 Å². The second-order valence-corrected chi connectivity index (χ2v) is 4.63. The lowest BCUT2D eigenvalue weighted by Gasteiger charge is -2.38. The smallest absolute Gasteiger partial charge is 0.354 e. The average molecular weight is 292 g/mol. The molecule has 1 aromatic carbocycles. The van der Waals surface area contributed by atoms with E-state index in [4.69, 9.17) is 6.42 Å². The Balaban J connectivity index is 2.43. The summed E-state index contributed by atoms with van der Waals surface area (Å²) in [7, 11) is 0. The van der Waals surface area contributed by atoms with Gasteiger partial charge in [0.05, 0.1) is 11.9 Å². The standard InChI is InChI=1S/C15H8F4N2/c1-2-14(15(17,18)19)10-5-6-20-8-13(10)21-12-4-3-9(16)7-11(12)14/h1,3-8,21H. The number of nitrogens with zero attached hydrogens (tertiary/aromatic N) is 1. The first kappa shape index (κ1) is 13.4. The summed E-state index contributed by atoms with van der Waals surface area (Å²) in [6.07, 6.45) is 2.98. The van der Waals surface area contributed by atoms with Gasteiger partial charge in [-0.1, -0.05) is 5.92 Å². The normalized spacial score (nSPS) is 20.0. The van der Waals surface area contributed by atoms with Crippen LogP contribution in [0.1, 0.15) is 11.1 Å². The molecule has 3 rings (SSSR count). The SMILES string of the molecule is C#CC1(C(F)(F)F)c2ccncc2Nc2ccc(F)cc21. The molecule has 0 amide bonds. The van der Waals surface area contributed by atoms with Gasteiger partial charge in [-0.15, -0.1) is 6.42 Å². The predicted molar refractivity (Wildman–Crippen MR) is 69.6 cm³/mol. The van der Waals surface area contributed by atoms with E-state index in [0.717, 1.165) is 12.1 Å². The third kappa shape index (κ3) is 1.70. The number of terminal acetylenes is 1. The van der Waals surface area contributed by atoms with Crippen LogP contribution in [0.3, 0.4) is 0 Å². The number of halogens is 4. The van der Waals surface area contributed by atoms with E-state index >= 15 is 0 Å². The van der Waals surface area contributed by atoms with Gasteiger partial charge in [-0.2, -0.15) is 13.2 Å². The van der Waals surface area contributed by atoms with E-state index in [1.807, 2.05) is 5.92 Å². The van der Waals surface area contributed by atoms with Gasteiger partial charge >= 0.3 is 6.18 Å². The Morgan fingerprint density at radius 3 is 2.57 bits per heavy atom. The summed E-state index contributed by atoms with van der Waals surface area (Å²) in [6, 6.07) is 4.33. The zero-order valence-corrected chi connectivity index (χ0v) is 10.5. The van der Waals surface area contributed by atoms with E-state index in [2.05, 4.69) is 10.3 Å². The maximum Gasteiger partial charge on any atom is 0.413 e. The van der Waals surface area contributed by atoms with E-state index < -0.39 is 17.4 Å². The fourth-order valence-electron chi connectivity index (χ4n) is 2.59. The second kappa shape index (κ2) is 4.22. The summed E-state index contributed by atoms with van der Waals surface area (Å²) >= 11 is 0. The quantitative estimate of drug-likeness (QED) is 0.591. The van der Waals surface area contributed by atoms with Crippen LogP contribution in [-0.4, -0.2) is 11.2 Å². The molecule has 2 nitrogen and oxygen atoms in total. The van der Waals surface area contributed by atoms with Crippen LogP contribution in [0.2, 0.25) is 0 Å². The summed E-state index contributed by atoms with van der Waals surface area (Å²) < 4.78 is 54.8. The predicted octanol–water partition coefficient (Wildman–Crippen LogP) is 3.76. The first-order chi connectivity index (χ1) is 9.90. The van der Waals surface area contributed by atoms with E-state index in [1.54, 1.807) is 0 Å². The van der Waals surface area contributed by atoms with Gasteiger partial charge in [0, 0.05) is 23.0 Å². The van der Waals surface area contributed by atoms with Crippen molar-refractivity contribution in [3.63, 3.8) is 0 Å². The second-order valence-electron chi connectivity index (χ2n) is 4.63. The highest BCUT2D eigenvalue weighted by Gasteiger charge is 2.59. The molecule has 1 aliphatic rings. The van der Waals surface area contributed by atoms with Crippen LogP contribution in [0.5, 0.6) is 0 Å². The van der Waals surface area contributed by atoms with Crippen LogP contribution in [0.25, 0.3) is 0 Å². The molecule has 0 spiro atoms. The number of nitrogens with one attached hydrogen (secondary N) is 1. The van der Waals surface area contributed by atoms with Gasteiger partial charge in [0.15, 0.2) is 5.41 Å². The van der Waals surface area contributed by atoms with Crippen LogP contribution in [0.15, 0.2) is 36.7 Å². The minimum absolute atomic E-state index is 0.118. The molecular weight excluding hydrogens is 284 g/mol. The molecule has 0 saturated heterocycles. The van der Waals surface area contributed by atoms with Crippen LogP contribution in [0.4, 0.5) is 28.9 Å². The molecule has 21 heavy (non-hydrogen) atoms. The first-order valence-electron chi connectivity index (χ1n) is 5.96. The average Bonchev–Trinajstić information content (AvgIpc) is 2.43. The van der Waals surface area contributed by atoms with E-state index in [1.165, 1.54) is 24.5 Å². The highest BCUT2D eigenvalue weighted by molar-refractivity contribution is 5.78. The van der Waals surface area contributed by atoms with Gasteiger partial charge in [0.1, 0.15) is 5.82 Å². The summed E-state index contributed by atoms with van der Waals surface area (Å²) in [5.74, 6) is 1.06. The highest BCUT2D eigenvalue weighted by Crippen LogP contribution is 2.53. The van der Waals surface area contributed by atoms with Gasteiger partial charge < -0.3 is 5.32 Å². The number of pyridine rings is 1. The van der Waals surface area contributed by atoms with Crippen molar-refractivity contribution in [2.24, 2.45) is 0 Å². The van der Waals surface area contributed by atoms with Crippen LogP contribution in [0, 0.1) is 18.2 Å². The third-order valence-corrected chi connectivity index (χ3v) is 3.52. The molecule has 6 heteroatoms. The number of fused-ring (bicyclic) bond motifs is 2. The molecule has 2 heterocycles. The van der Waals surface area contributed by atoms with Crippen molar-refractivity contribution in [1.29, 1.82) is 0 Å². The zero-order chi connectivity index (χ0) is 15.3. The minimum atomic E-state index is -4.78. The van der Waals surface area contributed by atoms with Gasteiger partial charge in [0.2, 0.25) is 0 Å². The molecule has 1 atom stereocenters. The van der Waals surface area contributed by atoms with Gasteiger partial charge in [-0.3, -0.25) is 4.98 Å². The molecule has 106 valence electrons. The number of aromatic nitrogens is 1. The van der Waals surface area contributed by atoms with E-state index in [-0.39, 0.29) is 22.5 Å². The lowest BCUT2D eigenvalue weighted by Crippen LogP contribution is -2.44. The maximum atomic E-state index is 13.8. The Hall–Kier alpha value is -2.55. The van der Waals surface area contributed by atoms with Crippen molar-refractivity contribution in [3.8, 4) is 12.3 Å². The van der Waals surface area contributed by atoms with E-state index in [9.17, 15) is 17.6 Å². The number of hydrogen-bond donors (Lipinski definition) is 1. The Morgan fingerprint density at radius 1 is 1.14 bits per heavy atom. The van der Waals surface area contributed by atoms with Crippen molar-refractivity contribution in [2.45, 2.75) is 11.6 Å². The monoisotopic (exact) mass is 292 g/mol. The van der Waals surface area contributed by atoms with Gasteiger partial charge in [0.25, 0.3) is 0 Å². The molecular formula is C15H8F4N2. The Bertz CT molecular complexity index is 761. The van der Waals surface area contributed by atoms with Gasteiger partial charge in [-0.05, 0) is 24.3 Å². The van der Waals surface area contributed by atoms with Crippen LogP contribution in [-0.2, 0) is 5.41 Å². The third-order valence-electron chi connectivity index (χ3n) is 3.52. The molecule has 1 unspecified atom stereocenters. The fourth-order valence-corrected chi connectivity index (χ4v) is 2.59. The molecule has 1 N–H and O–H groups in total. The van der Waals surface area contributed by atoms with Crippen LogP contribution >= 0.6 is 0 Å². The van der Waals surface area contributed by atoms with Crippen LogP contribution < -0.4 is 5.32 Å². The fraction of sp³-hybridized carbons (Fsp3) is 0.133. The maximum absolute atomic E-state index is 13.8. The largest absolute Gasteiger partial charge is 0.413 e. The molecule has 0 saturated carbocycles. The number of alkyl halides is 3. The van der Waals surface area contributed by atoms with Gasteiger partial charge in [-0.25, -0.2) is 4.39 Å². The molecule has 0 aliphatic carbocycles. The topological polar surface area (TPSA) is 24.9 Å². The lowest BCUT2D eigenvalue weighted by molar-refractivity contribution is -0.161.